The summed E-state index contributed by atoms with van der Waals surface area (Å²) >= 11 is 0. The summed E-state index contributed by atoms with van der Waals surface area (Å²) in [6.45, 7) is 0. The summed E-state index contributed by atoms with van der Waals surface area (Å²) in [6, 6.07) is 14.3. The van der Waals surface area contributed by atoms with Crippen LogP contribution in [0, 0.1) is 0 Å². The number of nitrogens with zero attached hydrogens (tertiary/aromatic N) is 1. The number of benzene rings is 2. The number of carbonyl (C=O) groups excluding carboxylic acids is 1. The highest BCUT2D eigenvalue weighted by Gasteiger charge is 2.11. The molecule has 0 aromatic heterocycles. The van der Waals surface area contributed by atoms with Crippen LogP contribution in [0.1, 0.15) is 15.9 Å². The molecule has 0 fully saturated rings. The standard InChI is InChI=1S/C15H14N2O4S/c1-21-15(18)13-9-7-12(8-10-13)11-16-17-22(19,20)14-5-3-2-4-6-14/h2-11,17H,1H3. The summed E-state index contributed by atoms with van der Waals surface area (Å²) in [7, 11) is -2.38. The Balaban J connectivity index is 2.05. The van der Waals surface area contributed by atoms with Crippen molar-refractivity contribution in [1.82, 2.24) is 4.83 Å². The van der Waals surface area contributed by atoms with E-state index in [0.29, 0.717) is 11.1 Å². The largest absolute Gasteiger partial charge is 0.465 e. The van der Waals surface area contributed by atoms with E-state index in [0.717, 1.165) is 0 Å². The van der Waals surface area contributed by atoms with E-state index < -0.39 is 16.0 Å². The fraction of sp³-hybridized carbons (Fsp3) is 0.0667. The number of nitrogens with one attached hydrogen (secondary N) is 1. The van der Waals surface area contributed by atoms with Gasteiger partial charge in [0.2, 0.25) is 0 Å². The topological polar surface area (TPSA) is 84.8 Å². The molecule has 1 N–H and O–H groups in total. The summed E-state index contributed by atoms with van der Waals surface area (Å²) < 4.78 is 28.4. The summed E-state index contributed by atoms with van der Waals surface area (Å²) in [5, 5.41) is 3.71. The van der Waals surface area contributed by atoms with Gasteiger partial charge < -0.3 is 4.74 Å². The van der Waals surface area contributed by atoms with Crippen LogP contribution in [-0.4, -0.2) is 27.7 Å². The van der Waals surface area contributed by atoms with Crippen molar-refractivity contribution in [2.75, 3.05) is 7.11 Å². The van der Waals surface area contributed by atoms with Crippen molar-refractivity contribution >= 4 is 22.2 Å². The zero-order valence-electron chi connectivity index (χ0n) is 11.8. The van der Waals surface area contributed by atoms with Gasteiger partial charge in [0.25, 0.3) is 10.0 Å². The molecule has 0 bridgehead atoms. The van der Waals surface area contributed by atoms with Gasteiger partial charge in [0.05, 0.1) is 23.8 Å². The molecule has 2 rings (SSSR count). The van der Waals surface area contributed by atoms with E-state index in [9.17, 15) is 13.2 Å². The van der Waals surface area contributed by atoms with Gasteiger partial charge in [0.1, 0.15) is 0 Å². The molecule has 0 unspecified atom stereocenters. The summed E-state index contributed by atoms with van der Waals surface area (Å²) in [5.74, 6) is -0.437. The molecule has 0 heterocycles. The molecule has 2 aromatic rings. The maximum atomic E-state index is 11.9. The molecule has 22 heavy (non-hydrogen) atoms. The second kappa shape index (κ2) is 6.86. The van der Waals surface area contributed by atoms with Crippen LogP contribution in [0.2, 0.25) is 0 Å². The molecule has 114 valence electrons. The van der Waals surface area contributed by atoms with E-state index in [1.54, 1.807) is 42.5 Å². The van der Waals surface area contributed by atoms with Gasteiger partial charge in [0.15, 0.2) is 0 Å². The molecule has 0 aliphatic carbocycles. The summed E-state index contributed by atoms with van der Waals surface area (Å²) in [5.41, 5.74) is 1.05. The zero-order valence-corrected chi connectivity index (χ0v) is 12.6. The monoisotopic (exact) mass is 318 g/mol. The smallest absolute Gasteiger partial charge is 0.337 e. The molecule has 0 saturated heterocycles. The first kappa shape index (κ1) is 15.7. The lowest BCUT2D eigenvalue weighted by molar-refractivity contribution is 0.0600. The van der Waals surface area contributed by atoms with Gasteiger partial charge in [-0.15, -0.1) is 0 Å². The van der Waals surface area contributed by atoms with Crippen LogP contribution in [0.4, 0.5) is 0 Å². The highest BCUT2D eigenvalue weighted by Crippen LogP contribution is 2.07. The minimum atomic E-state index is -3.68. The number of hydrogen-bond donors (Lipinski definition) is 1. The summed E-state index contributed by atoms with van der Waals surface area (Å²) in [4.78, 5) is 13.5. The van der Waals surface area contributed by atoms with E-state index >= 15 is 0 Å². The molecule has 6 nitrogen and oxygen atoms in total. The molecular formula is C15H14N2O4S. The third-order valence-electron chi connectivity index (χ3n) is 2.77. The van der Waals surface area contributed by atoms with Crippen LogP contribution in [0.5, 0.6) is 0 Å². The first-order valence-electron chi connectivity index (χ1n) is 6.31. The molecule has 0 amide bonds. The molecule has 7 heteroatoms. The van der Waals surface area contributed by atoms with Gasteiger partial charge in [-0.05, 0) is 29.8 Å². The lowest BCUT2D eigenvalue weighted by Crippen LogP contribution is -2.18. The minimum Gasteiger partial charge on any atom is -0.465 e. The molecule has 2 aromatic carbocycles. The number of hydrogen-bond acceptors (Lipinski definition) is 5. The first-order valence-corrected chi connectivity index (χ1v) is 7.79. The van der Waals surface area contributed by atoms with Gasteiger partial charge in [-0.3, -0.25) is 0 Å². The zero-order chi connectivity index (χ0) is 16.0. The Kier molecular flexibility index (Phi) is 4.90. The summed E-state index contributed by atoms with van der Waals surface area (Å²) in [6.07, 6.45) is 1.35. The predicted molar refractivity (Wildman–Crippen MR) is 82.1 cm³/mol. The molecule has 0 atom stereocenters. The number of esters is 1. The lowest BCUT2D eigenvalue weighted by Gasteiger charge is -2.02. The Bertz CT molecular complexity index is 769. The average Bonchev–Trinajstić information content (AvgIpc) is 2.55. The quantitative estimate of drug-likeness (QED) is 0.517. The average molecular weight is 318 g/mol. The van der Waals surface area contributed by atoms with Gasteiger partial charge >= 0.3 is 5.97 Å². The molecule has 0 radical (unpaired) electrons. The van der Waals surface area contributed by atoms with E-state index in [1.165, 1.54) is 25.5 Å². The van der Waals surface area contributed by atoms with Crippen LogP contribution >= 0.6 is 0 Å². The number of hydrazone groups is 1. The SMILES string of the molecule is COC(=O)c1ccc(C=NNS(=O)(=O)c2ccccc2)cc1. The Morgan fingerprint density at radius 1 is 1.09 bits per heavy atom. The Labute approximate surface area is 128 Å². The molecule has 0 aliphatic heterocycles. The van der Waals surface area contributed by atoms with Gasteiger partial charge in [0, 0.05) is 0 Å². The number of carbonyl (C=O) groups is 1. The third kappa shape index (κ3) is 3.92. The molecular weight excluding hydrogens is 304 g/mol. The maximum absolute atomic E-state index is 11.9. The fourth-order valence-electron chi connectivity index (χ4n) is 1.65. The number of ether oxygens (including phenoxy) is 1. The van der Waals surface area contributed by atoms with Crippen LogP contribution in [-0.2, 0) is 14.8 Å². The highest BCUT2D eigenvalue weighted by atomic mass is 32.2. The second-order valence-electron chi connectivity index (χ2n) is 4.28. The Morgan fingerprint density at radius 2 is 1.73 bits per heavy atom. The predicted octanol–water partition coefficient (Wildman–Crippen LogP) is 1.79. The van der Waals surface area contributed by atoms with Crippen molar-refractivity contribution in [2.45, 2.75) is 4.90 Å². The van der Waals surface area contributed by atoms with E-state index in [2.05, 4.69) is 14.7 Å². The van der Waals surface area contributed by atoms with E-state index in [-0.39, 0.29) is 4.90 Å². The van der Waals surface area contributed by atoms with Crippen molar-refractivity contribution < 1.29 is 17.9 Å². The lowest BCUT2D eigenvalue weighted by atomic mass is 10.1. The van der Waals surface area contributed by atoms with Gasteiger partial charge in [-0.25, -0.2) is 9.63 Å². The van der Waals surface area contributed by atoms with Crippen molar-refractivity contribution in [1.29, 1.82) is 0 Å². The third-order valence-corrected chi connectivity index (χ3v) is 4.01. The van der Waals surface area contributed by atoms with Crippen molar-refractivity contribution in [2.24, 2.45) is 5.10 Å². The van der Waals surface area contributed by atoms with Crippen LogP contribution in [0.25, 0.3) is 0 Å². The van der Waals surface area contributed by atoms with Gasteiger partial charge in [-0.1, -0.05) is 30.3 Å². The molecule has 0 saturated carbocycles. The second-order valence-corrected chi connectivity index (χ2v) is 5.94. The van der Waals surface area contributed by atoms with Crippen LogP contribution in [0.3, 0.4) is 0 Å². The Hall–Kier alpha value is -2.67. The molecule has 0 aliphatic rings. The number of rotatable bonds is 5. The molecule has 0 spiro atoms. The van der Waals surface area contributed by atoms with Crippen LogP contribution < -0.4 is 4.83 Å². The van der Waals surface area contributed by atoms with Crippen molar-refractivity contribution in [3.63, 3.8) is 0 Å². The van der Waals surface area contributed by atoms with Crippen molar-refractivity contribution in [3.05, 3.63) is 65.7 Å². The van der Waals surface area contributed by atoms with Gasteiger partial charge in [-0.2, -0.15) is 13.5 Å². The van der Waals surface area contributed by atoms with Crippen LogP contribution in [0.15, 0.2) is 64.6 Å². The minimum absolute atomic E-state index is 0.133. The maximum Gasteiger partial charge on any atom is 0.337 e. The fourth-order valence-corrected chi connectivity index (χ4v) is 2.46. The number of methoxy groups -OCH3 is 1. The van der Waals surface area contributed by atoms with E-state index in [1.807, 2.05) is 0 Å². The highest BCUT2D eigenvalue weighted by molar-refractivity contribution is 7.89. The van der Waals surface area contributed by atoms with Crippen molar-refractivity contribution in [3.8, 4) is 0 Å². The van der Waals surface area contributed by atoms with E-state index in [4.69, 9.17) is 0 Å². The Morgan fingerprint density at radius 3 is 2.32 bits per heavy atom. The first-order chi connectivity index (χ1) is 10.5. The normalized spacial score (nSPS) is 11.3. The number of sulfonamides is 1.